The highest BCUT2D eigenvalue weighted by molar-refractivity contribution is 5.96. The molecule has 88 valence electrons. The summed E-state index contributed by atoms with van der Waals surface area (Å²) < 4.78 is 5.10. The molecule has 0 unspecified atom stereocenters. The Morgan fingerprint density at radius 2 is 2.12 bits per heavy atom. The van der Waals surface area contributed by atoms with E-state index in [1.165, 1.54) is 0 Å². The van der Waals surface area contributed by atoms with Crippen LogP contribution in [0.1, 0.15) is 22.8 Å². The van der Waals surface area contributed by atoms with Crippen LogP contribution in [0, 0.1) is 6.92 Å². The van der Waals surface area contributed by atoms with Gasteiger partial charge in [0.25, 0.3) is 5.91 Å². The number of aryl methyl sites for hydroxylation is 1. The number of amides is 1. The largest absolute Gasteiger partial charge is 0.422 e. The van der Waals surface area contributed by atoms with Gasteiger partial charge in [-0.25, -0.2) is 4.79 Å². The molecule has 0 aliphatic heterocycles. The van der Waals surface area contributed by atoms with Gasteiger partial charge in [-0.05, 0) is 32.0 Å². The van der Waals surface area contributed by atoms with E-state index in [2.05, 4.69) is 5.32 Å². The molecule has 0 fully saturated rings. The van der Waals surface area contributed by atoms with E-state index >= 15 is 0 Å². The third-order valence-corrected chi connectivity index (χ3v) is 2.47. The highest BCUT2D eigenvalue weighted by Crippen LogP contribution is 2.15. The third kappa shape index (κ3) is 2.20. The maximum Gasteiger partial charge on any atom is 0.349 e. The number of hydrogen-bond acceptors (Lipinski definition) is 3. The summed E-state index contributed by atoms with van der Waals surface area (Å²) in [6.45, 7) is 4.21. The maximum absolute atomic E-state index is 11.6. The molecule has 0 aliphatic rings. The Hall–Kier alpha value is -2.10. The van der Waals surface area contributed by atoms with Crippen LogP contribution < -0.4 is 10.9 Å². The highest BCUT2D eigenvalue weighted by Gasteiger charge is 2.12. The zero-order valence-corrected chi connectivity index (χ0v) is 9.74. The van der Waals surface area contributed by atoms with E-state index in [0.29, 0.717) is 12.1 Å². The van der Waals surface area contributed by atoms with Gasteiger partial charge in [-0.1, -0.05) is 11.6 Å². The van der Waals surface area contributed by atoms with Crippen LogP contribution in [0.2, 0.25) is 0 Å². The fourth-order valence-corrected chi connectivity index (χ4v) is 1.66. The summed E-state index contributed by atoms with van der Waals surface area (Å²) in [5, 5.41) is 3.34. The number of benzene rings is 1. The number of carbonyl (C=O) groups is 1. The smallest absolute Gasteiger partial charge is 0.349 e. The van der Waals surface area contributed by atoms with E-state index in [4.69, 9.17) is 4.42 Å². The third-order valence-electron chi connectivity index (χ3n) is 2.47. The first-order valence-corrected chi connectivity index (χ1v) is 5.44. The lowest BCUT2D eigenvalue weighted by Gasteiger charge is -2.03. The Morgan fingerprint density at radius 3 is 2.82 bits per heavy atom. The Balaban J connectivity index is 2.61. The van der Waals surface area contributed by atoms with E-state index in [1.54, 1.807) is 19.1 Å². The minimum Gasteiger partial charge on any atom is -0.422 e. The predicted octanol–water partition coefficient (Wildman–Crippen LogP) is 1.85. The van der Waals surface area contributed by atoms with E-state index in [1.807, 2.05) is 19.1 Å². The van der Waals surface area contributed by atoms with Gasteiger partial charge in [-0.2, -0.15) is 0 Å². The van der Waals surface area contributed by atoms with Crippen molar-refractivity contribution in [3.05, 3.63) is 45.8 Å². The normalized spacial score (nSPS) is 10.5. The standard InChI is InChI=1S/C13H13NO3/c1-3-14-12(15)10-7-9-6-8(2)4-5-11(9)17-13(10)16/h4-7H,3H2,1-2H3,(H,14,15). The van der Waals surface area contributed by atoms with Gasteiger partial charge >= 0.3 is 5.63 Å². The topological polar surface area (TPSA) is 59.3 Å². The monoisotopic (exact) mass is 231 g/mol. The van der Waals surface area contributed by atoms with Crippen molar-refractivity contribution < 1.29 is 9.21 Å². The van der Waals surface area contributed by atoms with Crippen molar-refractivity contribution in [1.29, 1.82) is 0 Å². The van der Waals surface area contributed by atoms with Crippen LogP contribution in [-0.4, -0.2) is 12.5 Å². The van der Waals surface area contributed by atoms with Crippen molar-refractivity contribution in [2.24, 2.45) is 0 Å². The zero-order valence-electron chi connectivity index (χ0n) is 9.74. The van der Waals surface area contributed by atoms with Gasteiger partial charge in [-0.3, -0.25) is 4.79 Å². The molecule has 1 heterocycles. The summed E-state index contributed by atoms with van der Waals surface area (Å²) in [6.07, 6.45) is 0. The zero-order chi connectivity index (χ0) is 12.4. The first-order valence-electron chi connectivity index (χ1n) is 5.44. The molecule has 0 saturated heterocycles. The van der Waals surface area contributed by atoms with Gasteiger partial charge < -0.3 is 9.73 Å². The first-order chi connectivity index (χ1) is 8.11. The summed E-state index contributed by atoms with van der Waals surface area (Å²) in [5.41, 5.74) is 0.985. The second kappa shape index (κ2) is 4.41. The van der Waals surface area contributed by atoms with Gasteiger partial charge in [0.2, 0.25) is 0 Å². The van der Waals surface area contributed by atoms with Crippen LogP contribution in [-0.2, 0) is 0 Å². The van der Waals surface area contributed by atoms with E-state index in [0.717, 1.165) is 10.9 Å². The van der Waals surface area contributed by atoms with Gasteiger partial charge in [-0.15, -0.1) is 0 Å². The second-order valence-electron chi connectivity index (χ2n) is 3.85. The van der Waals surface area contributed by atoms with Crippen LogP contribution in [0.25, 0.3) is 11.0 Å². The molecule has 1 amide bonds. The van der Waals surface area contributed by atoms with Crippen LogP contribution in [0.5, 0.6) is 0 Å². The van der Waals surface area contributed by atoms with Crippen molar-refractivity contribution in [3.63, 3.8) is 0 Å². The van der Waals surface area contributed by atoms with Crippen molar-refractivity contribution in [2.45, 2.75) is 13.8 Å². The van der Waals surface area contributed by atoms with E-state index in [9.17, 15) is 9.59 Å². The summed E-state index contributed by atoms with van der Waals surface area (Å²) in [4.78, 5) is 23.2. The molecule has 0 bridgehead atoms. The fourth-order valence-electron chi connectivity index (χ4n) is 1.66. The number of rotatable bonds is 2. The first kappa shape index (κ1) is 11.4. The Labute approximate surface area is 98.3 Å². The number of fused-ring (bicyclic) bond motifs is 1. The van der Waals surface area contributed by atoms with Crippen molar-refractivity contribution in [3.8, 4) is 0 Å². The molecule has 2 aromatic rings. The summed E-state index contributed by atoms with van der Waals surface area (Å²) in [5.74, 6) is -0.398. The van der Waals surface area contributed by atoms with Crippen LogP contribution in [0.3, 0.4) is 0 Å². The molecule has 4 heteroatoms. The lowest BCUT2D eigenvalue weighted by atomic mass is 10.1. The summed E-state index contributed by atoms with van der Waals surface area (Å²) in [6, 6.07) is 7.03. The second-order valence-corrected chi connectivity index (χ2v) is 3.85. The molecule has 0 atom stereocenters. The molecule has 0 saturated carbocycles. The lowest BCUT2D eigenvalue weighted by molar-refractivity contribution is 0.0952. The molecule has 1 aromatic heterocycles. The maximum atomic E-state index is 11.6. The van der Waals surface area contributed by atoms with E-state index in [-0.39, 0.29) is 5.56 Å². The molecule has 0 aliphatic carbocycles. The predicted molar refractivity (Wildman–Crippen MR) is 65.2 cm³/mol. The average Bonchev–Trinajstić information content (AvgIpc) is 2.29. The molecular weight excluding hydrogens is 218 g/mol. The Bertz CT molecular complexity index is 628. The molecule has 1 N–H and O–H groups in total. The van der Waals surface area contributed by atoms with Gasteiger partial charge in [0.1, 0.15) is 11.1 Å². The molecule has 17 heavy (non-hydrogen) atoms. The SMILES string of the molecule is CCNC(=O)c1cc2cc(C)ccc2oc1=O. The molecule has 4 nitrogen and oxygen atoms in total. The fraction of sp³-hybridized carbons (Fsp3) is 0.231. The molecule has 2 rings (SSSR count). The average molecular weight is 231 g/mol. The van der Waals surface area contributed by atoms with Crippen LogP contribution in [0.4, 0.5) is 0 Å². The van der Waals surface area contributed by atoms with Gasteiger partial charge in [0.15, 0.2) is 0 Å². The van der Waals surface area contributed by atoms with Crippen molar-refractivity contribution in [2.75, 3.05) is 6.54 Å². The lowest BCUT2D eigenvalue weighted by Crippen LogP contribution is -2.27. The molecular formula is C13H13NO3. The summed E-state index contributed by atoms with van der Waals surface area (Å²) in [7, 11) is 0. The number of carbonyl (C=O) groups excluding carboxylic acids is 1. The Kier molecular flexibility index (Phi) is 2.95. The molecule has 0 spiro atoms. The summed E-state index contributed by atoms with van der Waals surface area (Å²) >= 11 is 0. The van der Waals surface area contributed by atoms with Gasteiger partial charge in [0, 0.05) is 11.9 Å². The van der Waals surface area contributed by atoms with Gasteiger partial charge in [0.05, 0.1) is 0 Å². The van der Waals surface area contributed by atoms with Crippen LogP contribution >= 0.6 is 0 Å². The number of hydrogen-bond donors (Lipinski definition) is 1. The molecule has 1 aromatic carbocycles. The minimum atomic E-state index is -0.604. The van der Waals surface area contributed by atoms with Crippen molar-refractivity contribution >= 4 is 16.9 Å². The van der Waals surface area contributed by atoms with Crippen LogP contribution in [0.15, 0.2) is 33.5 Å². The Morgan fingerprint density at radius 1 is 1.35 bits per heavy atom. The quantitative estimate of drug-likeness (QED) is 0.802. The van der Waals surface area contributed by atoms with E-state index < -0.39 is 11.5 Å². The molecule has 0 radical (unpaired) electrons. The van der Waals surface area contributed by atoms with Crippen molar-refractivity contribution in [1.82, 2.24) is 5.32 Å². The highest BCUT2D eigenvalue weighted by atomic mass is 16.4. The minimum absolute atomic E-state index is 0.0463. The number of nitrogens with one attached hydrogen (secondary N) is 1.